The fourth-order valence-corrected chi connectivity index (χ4v) is 2.00. The molecule has 0 N–H and O–H groups in total. The van der Waals surface area contributed by atoms with Gasteiger partial charge in [0.2, 0.25) is 6.29 Å². The highest BCUT2D eigenvalue weighted by molar-refractivity contribution is 5.66. The van der Waals surface area contributed by atoms with E-state index in [1.54, 1.807) is 18.4 Å². The molecule has 0 saturated carbocycles. The van der Waals surface area contributed by atoms with E-state index in [4.69, 9.17) is 0 Å². The van der Waals surface area contributed by atoms with Gasteiger partial charge in [-0.2, -0.15) is 0 Å². The zero-order valence-electron chi connectivity index (χ0n) is 14.5. The van der Waals surface area contributed by atoms with Gasteiger partial charge in [0.15, 0.2) is 0 Å². The second-order valence-electron chi connectivity index (χ2n) is 5.35. The summed E-state index contributed by atoms with van der Waals surface area (Å²) in [6.07, 6.45) is 35.3. The van der Waals surface area contributed by atoms with Gasteiger partial charge in [-0.1, -0.05) is 112 Å². The lowest BCUT2D eigenvalue weighted by Gasteiger charge is -1.98. The number of rotatable bonds is 14. The van der Waals surface area contributed by atoms with E-state index >= 15 is 0 Å². The molecule has 23 heavy (non-hydrogen) atoms. The summed E-state index contributed by atoms with van der Waals surface area (Å²) in [6.45, 7) is 2.26. The van der Waals surface area contributed by atoms with Gasteiger partial charge in [-0.15, -0.1) is 0 Å². The van der Waals surface area contributed by atoms with Crippen LogP contribution in [0, 0.1) is 0 Å². The lowest BCUT2D eigenvalue weighted by molar-refractivity contribution is 0.564. The first-order valence-electron chi connectivity index (χ1n) is 8.77. The highest BCUT2D eigenvalue weighted by Crippen LogP contribution is 2.08. The van der Waals surface area contributed by atoms with Crippen molar-refractivity contribution in [3.05, 3.63) is 72.9 Å². The molecule has 0 aliphatic carbocycles. The third-order valence-electron chi connectivity index (χ3n) is 3.27. The molecule has 0 aromatic heterocycles. The molecule has 0 saturated heterocycles. The highest BCUT2D eigenvalue weighted by Gasteiger charge is 1.88. The van der Waals surface area contributed by atoms with Crippen molar-refractivity contribution >= 4 is 6.29 Å². The fraction of sp³-hybridized carbons (Fsp3) is 0.409. The van der Waals surface area contributed by atoms with Gasteiger partial charge in [0.1, 0.15) is 0 Å². The van der Waals surface area contributed by atoms with Gasteiger partial charge >= 0.3 is 0 Å². The Balaban J connectivity index is 3.52. The molecular formula is C22H31O. The van der Waals surface area contributed by atoms with E-state index in [2.05, 4.69) is 25.2 Å². The van der Waals surface area contributed by atoms with Crippen LogP contribution >= 0.6 is 0 Å². The number of unbranched alkanes of at least 4 members (excludes halogenated alkanes) is 7. The molecule has 0 unspecified atom stereocenters. The standard InChI is InChI=1S/C22H31O/c1-2-3-4-5-6-7-8-9-10-11-12-13-14-15-16-17-18-19-20-21-22-23/h10-21H,2-9H2,1H3. The molecule has 0 aromatic carbocycles. The molecule has 0 heterocycles. The molecule has 1 heteroatoms. The molecule has 0 fully saturated rings. The summed E-state index contributed by atoms with van der Waals surface area (Å²) in [7, 11) is 0. The van der Waals surface area contributed by atoms with Crippen LogP contribution in [0.3, 0.4) is 0 Å². The Morgan fingerprint density at radius 2 is 1.09 bits per heavy atom. The monoisotopic (exact) mass is 311 g/mol. The largest absolute Gasteiger partial charge is 0.286 e. The Bertz CT molecular complexity index is 419. The summed E-state index contributed by atoms with van der Waals surface area (Å²) >= 11 is 0. The Hall–Kier alpha value is -1.89. The molecule has 0 aliphatic heterocycles. The van der Waals surface area contributed by atoms with Crippen LogP contribution in [0.5, 0.6) is 0 Å². The van der Waals surface area contributed by atoms with Crippen LogP contribution in [0.2, 0.25) is 0 Å². The van der Waals surface area contributed by atoms with Gasteiger partial charge in [-0.3, -0.25) is 4.79 Å². The Morgan fingerprint density at radius 1 is 0.609 bits per heavy atom. The number of allylic oxidation sites excluding steroid dienone is 12. The minimum absolute atomic E-state index is 1.18. The maximum Gasteiger partial charge on any atom is 0.225 e. The van der Waals surface area contributed by atoms with Crippen molar-refractivity contribution in [1.29, 1.82) is 0 Å². The van der Waals surface area contributed by atoms with E-state index in [0.717, 1.165) is 0 Å². The average molecular weight is 311 g/mol. The average Bonchev–Trinajstić information content (AvgIpc) is 2.57. The Labute approximate surface area is 142 Å². The van der Waals surface area contributed by atoms with E-state index in [1.165, 1.54) is 57.4 Å². The number of hydrogen-bond acceptors (Lipinski definition) is 1. The van der Waals surface area contributed by atoms with E-state index in [9.17, 15) is 4.79 Å². The molecule has 0 rings (SSSR count). The SMILES string of the molecule is CCCCCCCCCC=CC=CC=CC=CC=CC=C[C]=O. The summed E-state index contributed by atoms with van der Waals surface area (Å²) in [5.41, 5.74) is 0. The lowest BCUT2D eigenvalue weighted by atomic mass is 10.1. The predicted molar refractivity (Wildman–Crippen MR) is 103 cm³/mol. The van der Waals surface area contributed by atoms with Crippen molar-refractivity contribution in [2.45, 2.75) is 58.3 Å². The molecule has 1 nitrogen and oxygen atoms in total. The van der Waals surface area contributed by atoms with Gasteiger partial charge in [-0.05, 0) is 18.9 Å². The zero-order valence-corrected chi connectivity index (χ0v) is 14.5. The maximum absolute atomic E-state index is 9.90. The first-order chi connectivity index (χ1) is 11.4. The second kappa shape index (κ2) is 20.1. The minimum atomic E-state index is 1.18. The van der Waals surface area contributed by atoms with Crippen LogP contribution in [0.1, 0.15) is 58.3 Å². The van der Waals surface area contributed by atoms with Crippen LogP contribution in [0.15, 0.2) is 72.9 Å². The number of hydrogen-bond donors (Lipinski definition) is 0. The third kappa shape index (κ3) is 20.1. The quantitative estimate of drug-likeness (QED) is 0.201. The summed E-state index contributed by atoms with van der Waals surface area (Å²) < 4.78 is 0. The molecule has 0 atom stereocenters. The van der Waals surface area contributed by atoms with Gasteiger partial charge < -0.3 is 0 Å². The summed E-state index contributed by atoms with van der Waals surface area (Å²) in [5.74, 6) is 0. The van der Waals surface area contributed by atoms with Crippen LogP contribution in [-0.2, 0) is 4.79 Å². The smallest absolute Gasteiger partial charge is 0.225 e. The van der Waals surface area contributed by atoms with E-state index in [0.29, 0.717) is 0 Å². The maximum atomic E-state index is 9.90. The zero-order chi connectivity index (χ0) is 16.8. The topological polar surface area (TPSA) is 17.1 Å². The fourth-order valence-electron chi connectivity index (χ4n) is 2.00. The first kappa shape index (κ1) is 21.1. The van der Waals surface area contributed by atoms with Crippen molar-refractivity contribution in [1.82, 2.24) is 0 Å². The molecular weight excluding hydrogens is 280 g/mol. The van der Waals surface area contributed by atoms with Crippen molar-refractivity contribution in [3.63, 3.8) is 0 Å². The van der Waals surface area contributed by atoms with Crippen molar-refractivity contribution in [3.8, 4) is 0 Å². The number of carbonyl (C=O) groups excluding carboxylic acids is 1. The van der Waals surface area contributed by atoms with Crippen molar-refractivity contribution in [2.75, 3.05) is 0 Å². The molecule has 1 radical (unpaired) electrons. The van der Waals surface area contributed by atoms with Crippen molar-refractivity contribution < 1.29 is 4.79 Å². The van der Waals surface area contributed by atoms with Crippen LogP contribution < -0.4 is 0 Å². The molecule has 0 aliphatic rings. The predicted octanol–water partition coefficient (Wildman–Crippen LogP) is 6.57. The van der Waals surface area contributed by atoms with Gasteiger partial charge in [-0.25, -0.2) is 0 Å². The summed E-state index contributed by atoms with van der Waals surface area (Å²) in [6, 6.07) is 0. The Kier molecular flexibility index (Phi) is 18.5. The molecule has 0 amide bonds. The van der Waals surface area contributed by atoms with Crippen LogP contribution in [0.25, 0.3) is 0 Å². The summed E-state index contributed by atoms with van der Waals surface area (Å²) in [4.78, 5) is 9.90. The highest BCUT2D eigenvalue weighted by atomic mass is 16.1. The Morgan fingerprint density at radius 3 is 1.65 bits per heavy atom. The summed E-state index contributed by atoms with van der Waals surface area (Å²) in [5, 5.41) is 0. The van der Waals surface area contributed by atoms with E-state index < -0.39 is 0 Å². The third-order valence-corrected chi connectivity index (χ3v) is 3.27. The molecule has 0 spiro atoms. The van der Waals surface area contributed by atoms with Gasteiger partial charge in [0.25, 0.3) is 0 Å². The second-order valence-corrected chi connectivity index (χ2v) is 5.35. The van der Waals surface area contributed by atoms with E-state index in [1.807, 2.05) is 36.5 Å². The van der Waals surface area contributed by atoms with E-state index in [-0.39, 0.29) is 0 Å². The van der Waals surface area contributed by atoms with Crippen LogP contribution in [0.4, 0.5) is 0 Å². The van der Waals surface area contributed by atoms with Crippen LogP contribution in [-0.4, -0.2) is 6.29 Å². The minimum Gasteiger partial charge on any atom is -0.286 e. The lowest BCUT2D eigenvalue weighted by Crippen LogP contribution is -1.78. The first-order valence-corrected chi connectivity index (χ1v) is 8.77. The van der Waals surface area contributed by atoms with Crippen molar-refractivity contribution in [2.24, 2.45) is 0 Å². The normalized spacial score (nSPS) is 13.1. The molecule has 125 valence electrons. The van der Waals surface area contributed by atoms with Gasteiger partial charge in [0, 0.05) is 0 Å². The van der Waals surface area contributed by atoms with Gasteiger partial charge in [0.05, 0.1) is 0 Å². The molecule has 0 bridgehead atoms. The molecule has 0 aromatic rings.